The molecule has 1 aliphatic carbocycles. The lowest BCUT2D eigenvalue weighted by Crippen LogP contribution is -2.49. The summed E-state index contributed by atoms with van der Waals surface area (Å²) in [7, 11) is 0. The van der Waals surface area contributed by atoms with Gasteiger partial charge in [-0.1, -0.05) is 30.3 Å². The van der Waals surface area contributed by atoms with Crippen molar-refractivity contribution < 1.29 is 0 Å². The maximum absolute atomic E-state index is 12.6. The highest BCUT2D eigenvalue weighted by atomic mass is 16.1. The molecule has 5 nitrogen and oxygen atoms in total. The Labute approximate surface area is 142 Å². The number of hydrogen-bond donors (Lipinski definition) is 0. The summed E-state index contributed by atoms with van der Waals surface area (Å²) in [5.41, 5.74) is 1.47. The van der Waals surface area contributed by atoms with E-state index in [1.165, 1.54) is 5.56 Å². The van der Waals surface area contributed by atoms with Gasteiger partial charge in [-0.05, 0) is 24.8 Å². The smallest absolute Gasteiger partial charge is 0.293 e. The highest BCUT2D eigenvalue weighted by Gasteiger charge is 2.27. The van der Waals surface area contributed by atoms with Gasteiger partial charge in [0.2, 0.25) is 0 Å². The van der Waals surface area contributed by atoms with Crippen LogP contribution in [0, 0.1) is 0 Å². The summed E-state index contributed by atoms with van der Waals surface area (Å²) in [6, 6.07) is 11.0. The number of nitrogens with zero attached hydrogens (tertiary/aromatic N) is 4. The highest BCUT2D eigenvalue weighted by Crippen LogP contribution is 2.33. The second kappa shape index (κ2) is 6.77. The number of benzene rings is 1. The van der Waals surface area contributed by atoms with Gasteiger partial charge in [-0.15, -0.1) is 0 Å². The molecule has 1 saturated carbocycles. The van der Waals surface area contributed by atoms with Crippen LogP contribution in [-0.2, 0) is 6.42 Å². The Balaban J connectivity index is 1.35. The van der Waals surface area contributed by atoms with Gasteiger partial charge < -0.3 is 9.47 Å². The third-order valence-electron chi connectivity index (χ3n) is 5.02. The van der Waals surface area contributed by atoms with Crippen LogP contribution in [-0.4, -0.2) is 47.2 Å². The molecular formula is C19H24N4O. The lowest BCUT2D eigenvalue weighted by Gasteiger charge is -2.35. The molecule has 4 rings (SSSR count). The summed E-state index contributed by atoms with van der Waals surface area (Å²) in [6.07, 6.45) is 6.93. The molecule has 2 aromatic rings. The van der Waals surface area contributed by atoms with Crippen LogP contribution in [0.3, 0.4) is 0 Å². The van der Waals surface area contributed by atoms with Gasteiger partial charge in [0.05, 0.1) is 0 Å². The van der Waals surface area contributed by atoms with Crippen molar-refractivity contribution in [1.82, 2.24) is 14.5 Å². The highest BCUT2D eigenvalue weighted by molar-refractivity contribution is 5.36. The summed E-state index contributed by atoms with van der Waals surface area (Å²) in [5, 5.41) is 0. The predicted octanol–water partition coefficient (Wildman–Crippen LogP) is 1.94. The lowest BCUT2D eigenvalue weighted by atomic mass is 10.1. The molecule has 126 valence electrons. The fourth-order valence-corrected chi connectivity index (χ4v) is 3.39. The van der Waals surface area contributed by atoms with Gasteiger partial charge in [0.25, 0.3) is 5.56 Å². The van der Waals surface area contributed by atoms with Crippen LogP contribution in [0.15, 0.2) is 47.5 Å². The topological polar surface area (TPSA) is 41.4 Å². The SMILES string of the molecule is O=c1c(N2CCN(CCc3ccccc3)CC2)nccn1C1CC1. The summed E-state index contributed by atoms with van der Waals surface area (Å²) in [4.78, 5) is 21.6. The van der Waals surface area contributed by atoms with Crippen LogP contribution in [0.4, 0.5) is 5.82 Å². The third kappa shape index (κ3) is 3.36. The Kier molecular flexibility index (Phi) is 4.34. The first kappa shape index (κ1) is 15.4. The van der Waals surface area contributed by atoms with Crippen LogP contribution in [0.5, 0.6) is 0 Å². The van der Waals surface area contributed by atoms with Crippen LogP contribution in [0.1, 0.15) is 24.4 Å². The number of hydrogen-bond acceptors (Lipinski definition) is 4. The zero-order valence-electron chi connectivity index (χ0n) is 14.0. The van der Waals surface area contributed by atoms with Crippen LogP contribution in [0.25, 0.3) is 0 Å². The fourth-order valence-electron chi connectivity index (χ4n) is 3.39. The molecule has 0 unspecified atom stereocenters. The Hall–Kier alpha value is -2.14. The predicted molar refractivity (Wildman–Crippen MR) is 95.6 cm³/mol. The Morgan fingerprint density at radius 3 is 2.50 bits per heavy atom. The normalized spacial score (nSPS) is 18.8. The molecule has 0 bridgehead atoms. The molecule has 0 radical (unpaired) electrons. The van der Waals surface area contributed by atoms with Crippen molar-refractivity contribution >= 4 is 5.82 Å². The molecule has 1 aromatic carbocycles. The van der Waals surface area contributed by atoms with E-state index >= 15 is 0 Å². The fraction of sp³-hybridized carbons (Fsp3) is 0.474. The van der Waals surface area contributed by atoms with Crippen molar-refractivity contribution in [2.75, 3.05) is 37.6 Å². The van der Waals surface area contributed by atoms with Crippen molar-refractivity contribution in [1.29, 1.82) is 0 Å². The molecule has 0 amide bonds. The van der Waals surface area contributed by atoms with Crippen LogP contribution in [0.2, 0.25) is 0 Å². The summed E-state index contributed by atoms with van der Waals surface area (Å²) < 4.78 is 1.87. The van der Waals surface area contributed by atoms with Gasteiger partial charge in [-0.2, -0.15) is 0 Å². The molecule has 0 spiro atoms. The van der Waals surface area contributed by atoms with Gasteiger partial charge in [0.1, 0.15) is 0 Å². The molecule has 1 aromatic heterocycles. The van der Waals surface area contributed by atoms with Crippen LogP contribution < -0.4 is 10.5 Å². The van der Waals surface area contributed by atoms with Gasteiger partial charge in [0, 0.05) is 51.2 Å². The van der Waals surface area contributed by atoms with Gasteiger partial charge in [-0.3, -0.25) is 9.69 Å². The molecule has 0 N–H and O–H groups in total. The van der Waals surface area contributed by atoms with E-state index < -0.39 is 0 Å². The number of rotatable bonds is 5. The third-order valence-corrected chi connectivity index (χ3v) is 5.02. The monoisotopic (exact) mass is 324 g/mol. The first-order valence-electron chi connectivity index (χ1n) is 8.89. The van der Waals surface area contributed by atoms with Gasteiger partial charge in [-0.25, -0.2) is 4.98 Å². The summed E-state index contributed by atoms with van der Waals surface area (Å²) >= 11 is 0. The van der Waals surface area contributed by atoms with Crippen molar-refractivity contribution in [3.8, 4) is 0 Å². The second-order valence-corrected chi connectivity index (χ2v) is 6.76. The standard InChI is InChI=1S/C19H24N4O/c24-19-18(20-9-11-23(19)17-6-7-17)22-14-12-21(13-15-22)10-8-16-4-2-1-3-5-16/h1-5,9,11,17H,6-8,10,12-15H2. The molecule has 24 heavy (non-hydrogen) atoms. The number of anilines is 1. The second-order valence-electron chi connectivity index (χ2n) is 6.76. The first-order chi connectivity index (χ1) is 11.8. The molecule has 5 heteroatoms. The molecule has 1 aliphatic heterocycles. The Morgan fingerprint density at radius 1 is 1.04 bits per heavy atom. The first-order valence-corrected chi connectivity index (χ1v) is 8.89. The van der Waals surface area contributed by atoms with Crippen molar-refractivity contribution in [2.45, 2.75) is 25.3 Å². The van der Waals surface area contributed by atoms with E-state index in [1.807, 2.05) is 10.8 Å². The zero-order chi connectivity index (χ0) is 16.4. The minimum Gasteiger partial charge on any atom is -0.349 e. The van der Waals surface area contributed by atoms with E-state index in [1.54, 1.807) is 6.20 Å². The van der Waals surface area contributed by atoms with Crippen molar-refractivity contribution in [3.05, 3.63) is 58.6 Å². The van der Waals surface area contributed by atoms with Crippen molar-refractivity contribution in [2.24, 2.45) is 0 Å². The molecule has 2 fully saturated rings. The zero-order valence-corrected chi connectivity index (χ0v) is 14.0. The molecule has 2 aliphatic rings. The summed E-state index contributed by atoms with van der Waals surface area (Å²) in [5.74, 6) is 0.632. The maximum Gasteiger partial charge on any atom is 0.293 e. The number of aromatic nitrogens is 2. The van der Waals surface area contributed by atoms with E-state index in [2.05, 4.69) is 45.1 Å². The van der Waals surface area contributed by atoms with Gasteiger partial charge in [0.15, 0.2) is 5.82 Å². The average molecular weight is 324 g/mol. The van der Waals surface area contributed by atoms with Crippen molar-refractivity contribution in [3.63, 3.8) is 0 Å². The molecular weight excluding hydrogens is 300 g/mol. The lowest BCUT2D eigenvalue weighted by molar-refractivity contribution is 0.260. The van der Waals surface area contributed by atoms with E-state index in [0.717, 1.165) is 52.0 Å². The Bertz CT molecular complexity index is 731. The average Bonchev–Trinajstić information content (AvgIpc) is 3.47. The van der Waals surface area contributed by atoms with E-state index in [-0.39, 0.29) is 5.56 Å². The van der Waals surface area contributed by atoms with Gasteiger partial charge >= 0.3 is 0 Å². The minimum absolute atomic E-state index is 0.0812. The number of piperazine rings is 1. The minimum atomic E-state index is 0.0812. The summed E-state index contributed by atoms with van der Waals surface area (Å²) in [6.45, 7) is 4.82. The van der Waals surface area contributed by atoms with E-state index in [4.69, 9.17) is 0 Å². The Morgan fingerprint density at radius 2 is 1.79 bits per heavy atom. The maximum atomic E-state index is 12.6. The van der Waals surface area contributed by atoms with Crippen LogP contribution >= 0.6 is 0 Å². The van der Waals surface area contributed by atoms with E-state index in [9.17, 15) is 4.79 Å². The van der Waals surface area contributed by atoms with E-state index in [0.29, 0.717) is 11.9 Å². The molecule has 1 saturated heterocycles. The molecule has 0 atom stereocenters. The molecule has 2 heterocycles. The quantitative estimate of drug-likeness (QED) is 0.843. The largest absolute Gasteiger partial charge is 0.349 e.